The molecule has 3 aliphatic rings. The highest BCUT2D eigenvalue weighted by Crippen LogP contribution is 2.64. The van der Waals surface area contributed by atoms with Gasteiger partial charge in [-0.3, -0.25) is 10.1 Å². The second kappa shape index (κ2) is 5.46. The van der Waals surface area contributed by atoms with Gasteiger partial charge in [0.2, 0.25) is 0 Å². The molecule has 2 saturated carbocycles. The number of anilines is 1. The van der Waals surface area contributed by atoms with Gasteiger partial charge in [-0.15, -0.1) is 0 Å². The van der Waals surface area contributed by atoms with Crippen molar-refractivity contribution in [2.24, 2.45) is 17.8 Å². The van der Waals surface area contributed by atoms with Gasteiger partial charge in [-0.1, -0.05) is 29.8 Å². The molecule has 2 fully saturated rings. The summed E-state index contributed by atoms with van der Waals surface area (Å²) in [7, 11) is 0. The van der Waals surface area contributed by atoms with Crippen molar-refractivity contribution in [1.29, 1.82) is 0 Å². The Morgan fingerprint density at radius 3 is 2.68 bits per heavy atom. The molecular weight excluding hydrogens is 336 g/mol. The predicted octanol–water partition coefficient (Wildman–Crippen LogP) is 5.54. The van der Waals surface area contributed by atoms with Crippen LogP contribution in [0.25, 0.3) is 0 Å². The molecule has 1 aliphatic heterocycles. The molecule has 0 saturated heterocycles. The zero-order chi connectivity index (χ0) is 17.1. The molecule has 5 heteroatoms. The van der Waals surface area contributed by atoms with Crippen LogP contribution >= 0.6 is 11.6 Å². The topological polar surface area (TPSA) is 55.2 Å². The van der Waals surface area contributed by atoms with Crippen molar-refractivity contribution in [1.82, 2.24) is 0 Å². The molecule has 1 N–H and O–H groups in total. The van der Waals surface area contributed by atoms with Gasteiger partial charge in [-0.25, -0.2) is 0 Å². The second-order valence-electron chi connectivity index (χ2n) is 7.61. The Balaban J connectivity index is 1.65. The van der Waals surface area contributed by atoms with Crippen molar-refractivity contribution < 1.29 is 4.92 Å². The van der Waals surface area contributed by atoms with Crippen molar-refractivity contribution in [2.45, 2.75) is 31.2 Å². The van der Waals surface area contributed by atoms with Crippen LogP contribution in [0.3, 0.4) is 0 Å². The Morgan fingerprint density at radius 2 is 1.88 bits per heavy atom. The fraction of sp³-hybridized carbons (Fsp3) is 0.400. The Hall–Kier alpha value is -2.07. The summed E-state index contributed by atoms with van der Waals surface area (Å²) in [5.41, 5.74) is 3.51. The van der Waals surface area contributed by atoms with Crippen LogP contribution in [0, 0.1) is 27.9 Å². The number of halogens is 1. The SMILES string of the molecule is O=[N+]([O-])c1ccc2c(c1)[C@@H]1[C@H]3CC[C@@H](C3)[C@@H]1[C@H](c1ccccc1Cl)N2. The summed E-state index contributed by atoms with van der Waals surface area (Å²) in [4.78, 5) is 10.9. The first-order valence-electron chi connectivity index (χ1n) is 8.93. The van der Waals surface area contributed by atoms with Crippen molar-refractivity contribution in [2.75, 3.05) is 5.32 Å². The van der Waals surface area contributed by atoms with Gasteiger partial charge in [-0.2, -0.15) is 0 Å². The maximum Gasteiger partial charge on any atom is 0.269 e. The average Bonchev–Trinajstić information content (AvgIpc) is 3.23. The Labute approximate surface area is 151 Å². The van der Waals surface area contributed by atoms with Crippen LogP contribution in [-0.4, -0.2) is 4.92 Å². The maximum absolute atomic E-state index is 11.2. The quantitative estimate of drug-likeness (QED) is 0.568. The lowest BCUT2D eigenvalue weighted by molar-refractivity contribution is -0.384. The molecule has 0 aromatic heterocycles. The van der Waals surface area contributed by atoms with Crippen molar-refractivity contribution in [3.8, 4) is 0 Å². The van der Waals surface area contributed by atoms with E-state index >= 15 is 0 Å². The number of fused-ring (bicyclic) bond motifs is 7. The van der Waals surface area contributed by atoms with Gasteiger partial charge in [-0.05, 0) is 66.2 Å². The van der Waals surface area contributed by atoms with Crippen molar-refractivity contribution >= 4 is 23.0 Å². The molecular formula is C20H19ClN2O2. The van der Waals surface area contributed by atoms with Gasteiger partial charge < -0.3 is 5.32 Å². The van der Waals surface area contributed by atoms with Crippen LogP contribution in [0.4, 0.5) is 11.4 Å². The van der Waals surface area contributed by atoms with Gasteiger partial charge in [0.15, 0.2) is 0 Å². The summed E-state index contributed by atoms with van der Waals surface area (Å²) >= 11 is 6.51. The van der Waals surface area contributed by atoms with Crippen molar-refractivity contribution in [3.05, 3.63) is 68.7 Å². The van der Waals surface area contributed by atoms with E-state index in [1.54, 1.807) is 12.1 Å². The third-order valence-corrected chi connectivity index (χ3v) is 6.87. The van der Waals surface area contributed by atoms with E-state index < -0.39 is 0 Å². The third-order valence-electron chi connectivity index (χ3n) is 6.52. The Bertz CT molecular complexity index is 869. The number of non-ortho nitro benzene ring substituents is 1. The number of nitrogens with one attached hydrogen (secondary N) is 1. The maximum atomic E-state index is 11.2. The molecule has 2 aromatic rings. The molecule has 2 aliphatic carbocycles. The molecule has 25 heavy (non-hydrogen) atoms. The van der Waals surface area contributed by atoms with Crippen LogP contribution in [0.2, 0.25) is 5.02 Å². The second-order valence-corrected chi connectivity index (χ2v) is 8.02. The molecule has 5 atom stereocenters. The molecule has 0 radical (unpaired) electrons. The van der Waals surface area contributed by atoms with Crippen LogP contribution in [0.1, 0.15) is 42.3 Å². The van der Waals surface area contributed by atoms with E-state index in [9.17, 15) is 10.1 Å². The minimum atomic E-state index is -0.289. The molecule has 2 bridgehead atoms. The smallest absolute Gasteiger partial charge is 0.269 e. The van der Waals surface area contributed by atoms with Crippen LogP contribution in [0.5, 0.6) is 0 Å². The molecule has 0 unspecified atom stereocenters. The number of nitro benzene ring substituents is 1. The zero-order valence-electron chi connectivity index (χ0n) is 13.7. The Morgan fingerprint density at radius 1 is 1.08 bits per heavy atom. The monoisotopic (exact) mass is 354 g/mol. The fourth-order valence-corrected chi connectivity index (χ4v) is 5.88. The number of benzene rings is 2. The van der Waals surface area contributed by atoms with Gasteiger partial charge >= 0.3 is 0 Å². The summed E-state index contributed by atoms with van der Waals surface area (Å²) in [5.74, 6) is 2.18. The summed E-state index contributed by atoms with van der Waals surface area (Å²) in [6, 6.07) is 13.5. The van der Waals surface area contributed by atoms with Crippen LogP contribution < -0.4 is 5.32 Å². The average molecular weight is 355 g/mol. The highest BCUT2D eigenvalue weighted by Gasteiger charge is 2.54. The van der Waals surface area contributed by atoms with Gasteiger partial charge in [0.25, 0.3) is 5.69 Å². The summed E-state index contributed by atoms with van der Waals surface area (Å²) in [5, 5.41) is 15.7. The largest absolute Gasteiger partial charge is 0.378 e. The number of nitro groups is 1. The lowest BCUT2D eigenvalue weighted by Gasteiger charge is -2.43. The highest BCUT2D eigenvalue weighted by atomic mass is 35.5. The highest BCUT2D eigenvalue weighted by molar-refractivity contribution is 6.31. The molecule has 128 valence electrons. The van der Waals surface area contributed by atoms with Crippen LogP contribution in [0.15, 0.2) is 42.5 Å². The number of hydrogen-bond acceptors (Lipinski definition) is 3. The molecule has 1 heterocycles. The molecule has 0 spiro atoms. The molecule has 4 nitrogen and oxygen atoms in total. The predicted molar refractivity (Wildman–Crippen MR) is 98.0 cm³/mol. The first kappa shape index (κ1) is 15.2. The zero-order valence-corrected chi connectivity index (χ0v) is 14.4. The van der Waals surface area contributed by atoms with E-state index in [2.05, 4.69) is 11.4 Å². The normalized spacial score (nSPS) is 32.0. The van der Waals surface area contributed by atoms with E-state index in [-0.39, 0.29) is 16.7 Å². The molecule has 2 aromatic carbocycles. The first-order chi connectivity index (χ1) is 12.1. The standard InChI is InChI=1S/C20H19ClN2O2/c21-16-4-2-1-3-14(16)20-19-12-6-5-11(9-12)18(19)15-10-13(23(24)25)7-8-17(15)22-20/h1-4,7-8,10-12,18-20,22H,5-6,9H2/t11-,12-,18-,19-,20-/m0/s1. The van der Waals surface area contributed by atoms with Gasteiger partial charge in [0, 0.05) is 22.8 Å². The minimum absolute atomic E-state index is 0.183. The lowest BCUT2D eigenvalue weighted by atomic mass is 9.68. The fourth-order valence-electron chi connectivity index (χ4n) is 5.62. The number of nitrogens with zero attached hydrogens (tertiary/aromatic N) is 1. The van der Waals surface area contributed by atoms with E-state index in [1.807, 2.05) is 24.3 Å². The number of rotatable bonds is 2. The van der Waals surface area contributed by atoms with Crippen LogP contribution in [-0.2, 0) is 0 Å². The third kappa shape index (κ3) is 2.20. The lowest BCUT2D eigenvalue weighted by Crippen LogP contribution is -2.35. The summed E-state index contributed by atoms with van der Waals surface area (Å²) in [6.07, 6.45) is 3.74. The van der Waals surface area contributed by atoms with Crippen molar-refractivity contribution in [3.63, 3.8) is 0 Å². The summed E-state index contributed by atoms with van der Waals surface area (Å²) in [6.45, 7) is 0. The van der Waals surface area contributed by atoms with E-state index in [0.29, 0.717) is 23.7 Å². The summed E-state index contributed by atoms with van der Waals surface area (Å²) < 4.78 is 0. The first-order valence-corrected chi connectivity index (χ1v) is 9.30. The molecule has 5 rings (SSSR count). The minimum Gasteiger partial charge on any atom is -0.378 e. The van der Waals surface area contributed by atoms with E-state index in [1.165, 1.54) is 19.3 Å². The van der Waals surface area contributed by atoms with Gasteiger partial charge in [0.1, 0.15) is 0 Å². The Kier molecular flexibility index (Phi) is 3.32. The van der Waals surface area contributed by atoms with E-state index in [0.717, 1.165) is 21.8 Å². The van der Waals surface area contributed by atoms with E-state index in [4.69, 9.17) is 11.6 Å². The molecule has 0 amide bonds. The number of hydrogen-bond donors (Lipinski definition) is 1. The van der Waals surface area contributed by atoms with Gasteiger partial charge in [0.05, 0.1) is 11.0 Å².